The Hall–Kier alpha value is -2.36. The number of methoxy groups -OCH3 is 1. The number of amides is 1. The zero-order valence-corrected chi connectivity index (χ0v) is 12.2. The van der Waals surface area contributed by atoms with E-state index in [1.54, 1.807) is 26.2 Å². The second-order valence-electron chi connectivity index (χ2n) is 4.82. The molecule has 0 heterocycles. The molecule has 1 amide bonds. The number of aryl methyl sites for hydroxylation is 2. The van der Waals surface area contributed by atoms with Gasteiger partial charge >= 0.3 is 0 Å². The zero-order chi connectivity index (χ0) is 15.2. The minimum absolute atomic E-state index is 0.149. The van der Waals surface area contributed by atoms with Crippen LogP contribution in [0, 0.1) is 12.7 Å². The van der Waals surface area contributed by atoms with Gasteiger partial charge in [0, 0.05) is 12.1 Å². The zero-order valence-electron chi connectivity index (χ0n) is 12.2. The smallest absolute Gasteiger partial charge is 0.224 e. The lowest BCUT2D eigenvalue weighted by Crippen LogP contribution is -2.12. The number of nitrogens with one attached hydrogen (secondary N) is 1. The van der Waals surface area contributed by atoms with Crippen LogP contribution in [0.2, 0.25) is 0 Å². The van der Waals surface area contributed by atoms with E-state index in [0.29, 0.717) is 24.1 Å². The lowest BCUT2D eigenvalue weighted by atomic mass is 10.1. The van der Waals surface area contributed by atoms with E-state index in [0.717, 1.165) is 11.3 Å². The fourth-order valence-corrected chi connectivity index (χ4v) is 2.05. The predicted molar refractivity (Wildman–Crippen MR) is 81.1 cm³/mol. The number of carbonyl (C=O) groups excluding carboxylic acids is 1. The first kappa shape index (κ1) is 15.0. The van der Waals surface area contributed by atoms with Crippen LogP contribution in [0.4, 0.5) is 10.1 Å². The first-order valence-electron chi connectivity index (χ1n) is 6.78. The molecule has 3 nitrogen and oxygen atoms in total. The Morgan fingerprint density at radius 3 is 2.71 bits per heavy atom. The molecule has 0 aliphatic heterocycles. The van der Waals surface area contributed by atoms with Crippen molar-refractivity contribution in [3.63, 3.8) is 0 Å². The topological polar surface area (TPSA) is 38.3 Å². The summed E-state index contributed by atoms with van der Waals surface area (Å²) in [7, 11) is 1.61. The van der Waals surface area contributed by atoms with E-state index in [9.17, 15) is 9.18 Å². The number of rotatable bonds is 5. The normalized spacial score (nSPS) is 10.2. The first-order chi connectivity index (χ1) is 10.1. The van der Waals surface area contributed by atoms with Crippen LogP contribution in [0.3, 0.4) is 0 Å². The van der Waals surface area contributed by atoms with Crippen molar-refractivity contribution in [1.82, 2.24) is 0 Å². The third-order valence-corrected chi connectivity index (χ3v) is 3.27. The van der Waals surface area contributed by atoms with Gasteiger partial charge in [0.15, 0.2) is 0 Å². The Morgan fingerprint density at radius 2 is 2.00 bits per heavy atom. The lowest BCUT2D eigenvalue weighted by Gasteiger charge is -2.09. The Morgan fingerprint density at radius 1 is 1.24 bits per heavy atom. The van der Waals surface area contributed by atoms with Crippen molar-refractivity contribution in [3.05, 3.63) is 59.4 Å². The van der Waals surface area contributed by atoms with Gasteiger partial charge in [0.25, 0.3) is 0 Å². The molecular formula is C17H18FNO2. The Bertz CT molecular complexity index is 640. The van der Waals surface area contributed by atoms with Gasteiger partial charge in [-0.05, 0) is 42.7 Å². The number of halogens is 1. The average molecular weight is 287 g/mol. The van der Waals surface area contributed by atoms with Crippen molar-refractivity contribution in [2.24, 2.45) is 0 Å². The van der Waals surface area contributed by atoms with E-state index >= 15 is 0 Å². The first-order valence-corrected chi connectivity index (χ1v) is 6.78. The number of benzene rings is 2. The third-order valence-electron chi connectivity index (χ3n) is 3.27. The number of anilines is 1. The molecule has 0 spiro atoms. The van der Waals surface area contributed by atoms with Crippen molar-refractivity contribution in [2.75, 3.05) is 12.4 Å². The number of ether oxygens (including phenoxy) is 1. The van der Waals surface area contributed by atoms with Crippen LogP contribution in [0.5, 0.6) is 5.75 Å². The maximum absolute atomic E-state index is 13.4. The van der Waals surface area contributed by atoms with Crippen LogP contribution < -0.4 is 10.1 Å². The largest absolute Gasteiger partial charge is 0.496 e. The number of carbonyl (C=O) groups is 1. The van der Waals surface area contributed by atoms with Crippen LogP contribution in [-0.4, -0.2) is 13.0 Å². The molecule has 0 atom stereocenters. The van der Waals surface area contributed by atoms with Gasteiger partial charge in [0.2, 0.25) is 5.91 Å². The summed E-state index contributed by atoms with van der Waals surface area (Å²) in [5.41, 5.74) is 2.01. The van der Waals surface area contributed by atoms with Crippen molar-refractivity contribution in [3.8, 4) is 5.75 Å². The summed E-state index contributed by atoms with van der Waals surface area (Å²) >= 11 is 0. The van der Waals surface area contributed by atoms with Gasteiger partial charge in [-0.1, -0.05) is 24.3 Å². The van der Waals surface area contributed by atoms with Gasteiger partial charge in [0.05, 0.1) is 7.11 Å². The van der Waals surface area contributed by atoms with Gasteiger partial charge in [-0.15, -0.1) is 0 Å². The number of hydrogen-bond donors (Lipinski definition) is 1. The van der Waals surface area contributed by atoms with E-state index < -0.39 is 0 Å². The van der Waals surface area contributed by atoms with E-state index in [2.05, 4.69) is 5.32 Å². The minimum Gasteiger partial charge on any atom is -0.496 e. The minimum atomic E-state index is -0.322. The molecule has 2 rings (SSSR count). The molecule has 0 aliphatic rings. The molecule has 21 heavy (non-hydrogen) atoms. The predicted octanol–water partition coefficient (Wildman–Crippen LogP) is 3.71. The highest BCUT2D eigenvalue weighted by Crippen LogP contribution is 2.19. The van der Waals surface area contributed by atoms with Crippen molar-refractivity contribution in [1.29, 1.82) is 0 Å². The quantitative estimate of drug-likeness (QED) is 0.910. The summed E-state index contributed by atoms with van der Waals surface area (Å²) in [4.78, 5) is 11.9. The van der Waals surface area contributed by atoms with E-state index in [4.69, 9.17) is 4.74 Å². The SMILES string of the molecule is COc1ccccc1CCC(=O)Nc1ccc(C)c(F)c1. The van der Waals surface area contributed by atoms with E-state index in [1.165, 1.54) is 6.07 Å². The van der Waals surface area contributed by atoms with Gasteiger partial charge in [-0.25, -0.2) is 4.39 Å². The summed E-state index contributed by atoms with van der Waals surface area (Å²) in [5, 5.41) is 2.70. The van der Waals surface area contributed by atoms with E-state index in [-0.39, 0.29) is 11.7 Å². The van der Waals surface area contributed by atoms with Crippen LogP contribution in [0.25, 0.3) is 0 Å². The summed E-state index contributed by atoms with van der Waals surface area (Å²) in [6.07, 6.45) is 0.889. The molecule has 0 aromatic heterocycles. The highest BCUT2D eigenvalue weighted by atomic mass is 19.1. The summed E-state index contributed by atoms with van der Waals surface area (Å²) in [6.45, 7) is 1.68. The lowest BCUT2D eigenvalue weighted by molar-refractivity contribution is -0.116. The molecule has 110 valence electrons. The van der Waals surface area contributed by atoms with Crippen molar-refractivity contribution >= 4 is 11.6 Å². The average Bonchev–Trinajstić information content (AvgIpc) is 2.49. The van der Waals surface area contributed by atoms with Crippen molar-refractivity contribution in [2.45, 2.75) is 19.8 Å². The van der Waals surface area contributed by atoms with Crippen molar-refractivity contribution < 1.29 is 13.9 Å². The van der Waals surface area contributed by atoms with Crippen LogP contribution in [0.1, 0.15) is 17.5 Å². The molecule has 0 unspecified atom stereocenters. The summed E-state index contributed by atoms with van der Waals surface area (Å²) < 4.78 is 18.7. The third kappa shape index (κ3) is 4.05. The number of para-hydroxylation sites is 1. The molecule has 0 radical (unpaired) electrons. The molecule has 0 fully saturated rings. The molecule has 0 bridgehead atoms. The number of hydrogen-bond acceptors (Lipinski definition) is 2. The van der Waals surface area contributed by atoms with Gasteiger partial charge < -0.3 is 10.1 Å². The Labute approximate surface area is 123 Å². The van der Waals surface area contributed by atoms with Crippen LogP contribution in [-0.2, 0) is 11.2 Å². The maximum Gasteiger partial charge on any atom is 0.224 e. The fourth-order valence-electron chi connectivity index (χ4n) is 2.05. The summed E-state index contributed by atoms with van der Waals surface area (Å²) in [6, 6.07) is 12.3. The molecule has 0 saturated heterocycles. The molecule has 2 aromatic rings. The standard InChI is InChI=1S/C17H18FNO2/c1-12-7-9-14(11-15(12)18)19-17(20)10-8-13-5-3-4-6-16(13)21-2/h3-7,9,11H,8,10H2,1-2H3,(H,19,20). The molecule has 1 N–H and O–H groups in total. The highest BCUT2D eigenvalue weighted by Gasteiger charge is 2.07. The highest BCUT2D eigenvalue weighted by molar-refractivity contribution is 5.90. The van der Waals surface area contributed by atoms with E-state index in [1.807, 2.05) is 24.3 Å². The second kappa shape index (κ2) is 6.88. The van der Waals surface area contributed by atoms with Gasteiger partial charge in [-0.2, -0.15) is 0 Å². The van der Waals surface area contributed by atoms with Gasteiger partial charge in [-0.3, -0.25) is 4.79 Å². The molecule has 0 aliphatic carbocycles. The van der Waals surface area contributed by atoms with Crippen LogP contribution >= 0.6 is 0 Å². The fraction of sp³-hybridized carbons (Fsp3) is 0.235. The monoisotopic (exact) mass is 287 g/mol. The molecule has 4 heteroatoms. The summed E-state index contributed by atoms with van der Waals surface area (Å²) in [5.74, 6) is 0.299. The molecular weight excluding hydrogens is 269 g/mol. The molecule has 0 saturated carbocycles. The molecule has 2 aromatic carbocycles. The second-order valence-corrected chi connectivity index (χ2v) is 4.82. The Kier molecular flexibility index (Phi) is 4.93. The van der Waals surface area contributed by atoms with Crippen LogP contribution in [0.15, 0.2) is 42.5 Å². The maximum atomic E-state index is 13.4. The van der Waals surface area contributed by atoms with Gasteiger partial charge in [0.1, 0.15) is 11.6 Å². The Balaban J connectivity index is 1.94.